The molecule has 0 bridgehead atoms. The Balaban J connectivity index is 1.77. The van der Waals surface area contributed by atoms with Gasteiger partial charge in [-0.2, -0.15) is 0 Å². The fraction of sp³-hybridized carbons (Fsp3) is 0.529. The monoisotopic (exact) mass is 305 g/mol. The molecule has 0 saturated carbocycles. The van der Waals surface area contributed by atoms with Gasteiger partial charge in [0.15, 0.2) is 11.9 Å². The number of ether oxygens (including phenoxy) is 2. The minimum atomic E-state index is -0.605. The number of Topliss-reactive ketones (excluding diaryl/α,β-unsaturated/α-hetero) is 1. The molecule has 1 heterocycles. The van der Waals surface area contributed by atoms with Crippen LogP contribution in [0.1, 0.15) is 43.5 Å². The SMILES string of the molecule is CC(=O)c1cccc(O[C@@H](C)C(=O)NCC[C@H]2CCCO2)c1. The lowest BCUT2D eigenvalue weighted by molar-refractivity contribution is -0.127. The van der Waals surface area contributed by atoms with Gasteiger partial charge in [-0.05, 0) is 45.2 Å². The molecule has 1 aliphatic heterocycles. The Morgan fingerprint density at radius 1 is 1.45 bits per heavy atom. The van der Waals surface area contributed by atoms with E-state index in [1.54, 1.807) is 31.2 Å². The van der Waals surface area contributed by atoms with Crippen LogP contribution in [0.5, 0.6) is 5.75 Å². The molecule has 0 unspecified atom stereocenters. The van der Waals surface area contributed by atoms with E-state index in [9.17, 15) is 9.59 Å². The third-order valence-corrected chi connectivity index (χ3v) is 3.71. The topological polar surface area (TPSA) is 64.6 Å². The third kappa shape index (κ3) is 4.84. The van der Waals surface area contributed by atoms with Crippen LogP contribution in [0.3, 0.4) is 0 Å². The molecule has 0 radical (unpaired) electrons. The maximum atomic E-state index is 12.0. The smallest absolute Gasteiger partial charge is 0.260 e. The van der Waals surface area contributed by atoms with Gasteiger partial charge in [0, 0.05) is 18.7 Å². The molecule has 1 saturated heterocycles. The number of carbonyl (C=O) groups excluding carboxylic acids is 2. The molecular formula is C17H23NO4. The van der Waals surface area contributed by atoms with Crippen molar-refractivity contribution in [3.63, 3.8) is 0 Å². The van der Waals surface area contributed by atoms with Crippen LogP contribution >= 0.6 is 0 Å². The summed E-state index contributed by atoms with van der Waals surface area (Å²) in [6.45, 7) is 4.61. The molecule has 1 N–H and O–H groups in total. The number of nitrogens with one attached hydrogen (secondary N) is 1. The van der Waals surface area contributed by atoms with Crippen molar-refractivity contribution in [3.8, 4) is 5.75 Å². The predicted molar refractivity (Wildman–Crippen MR) is 83.1 cm³/mol. The highest BCUT2D eigenvalue weighted by molar-refractivity contribution is 5.94. The van der Waals surface area contributed by atoms with E-state index in [2.05, 4.69) is 5.32 Å². The van der Waals surface area contributed by atoms with Crippen LogP contribution in [0.15, 0.2) is 24.3 Å². The molecule has 1 amide bonds. The van der Waals surface area contributed by atoms with Gasteiger partial charge in [-0.3, -0.25) is 9.59 Å². The molecule has 5 nitrogen and oxygen atoms in total. The van der Waals surface area contributed by atoms with E-state index in [4.69, 9.17) is 9.47 Å². The first-order chi connectivity index (χ1) is 10.6. The van der Waals surface area contributed by atoms with Gasteiger partial charge in [-0.15, -0.1) is 0 Å². The molecule has 0 spiro atoms. The highest BCUT2D eigenvalue weighted by atomic mass is 16.5. The molecule has 1 aliphatic rings. The van der Waals surface area contributed by atoms with Gasteiger partial charge in [0.25, 0.3) is 5.91 Å². The van der Waals surface area contributed by atoms with Gasteiger partial charge in [-0.1, -0.05) is 12.1 Å². The summed E-state index contributed by atoms with van der Waals surface area (Å²) in [6, 6.07) is 6.86. The summed E-state index contributed by atoms with van der Waals surface area (Å²) in [5, 5.41) is 2.86. The summed E-state index contributed by atoms with van der Waals surface area (Å²) in [5.41, 5.74) is 0.573. The van der Waals surface area contributed by atoms with Gasteiger partial charge < -0.3 is 14.8 Å². The average molecular weight is 305 g/mol. The van der Waals surface area contributed by atoms with Crippen LogP contribution in [0, 0.1) is 0 Å². The van der Waals surface area contributed by atoms with Crippen LogP contribution in [0.25, 0.3) is 0 Å². The zero-order valence-corrected chi connectivity index (χ0v) is 13.1. The Bertz CT molecular complexity index is 523. The molecule has 5 heteroatoms. The van der Waals surface area contributed by atoms with Crippen molar-refractivity contribution in [1.82, 2.24) is 5.32 Å². The van der Waals surface area contributed by atoms with E-state index in [-0.39, 0.29) is 17.8 Å². The van der Waals surface area contributed by atoms with Crippen LogP contribution in [0.2, 0.25) is 0 Å². The summed E-state index contributed by atoms with van der Waals surface area (Å²) in [5.74, 6) is 0.333. The van der Waals surface area contributed by atoms with E-state index < -0.39 is 6.10 Å². The number of amides is 1. The Hall–Kier alpha value is -1.88. The summed E-state index contributed by atoms with van der Waals surface area (Å²) < 4.78 is 11.1. The molecule has 0 aromatic heterocycles. The number of benzene rings is 1. The molecular weight excluding hydrogens is 282 g/mol. The summed E-state index contributed by atoms with van der Waals surface area (Å²) in [7, 11) is 0. The highest BCUT2D eigenvalue weighted by Crippen LogP contribution is 2.16. The third-order valence-electron chi connectivity index (χ3n) is 3.71. The maximum Gasteiger partial charge on any atom is 0.260 e. The molecule has 1 fully saturated rings. The second-order valence-electron chi connectivity index (χ2n) is 5.56. The normalized spacial score (nSPS) is 18.7. The minimum absolute atomic E-state index is 0.0286. The van der Waals surface area contributed by atoms with Crippen molar-refractivity contribution in [2.75, 3.05) is 13.2 Å². The lowest BCUT2D eigenvalue weighted by atomic mass is 10.1. The van der Waals surface area contributed by atoms with Crippen molar-refractivity contribution in [2.45, 2.75) is 45.3 Å². The zero-order chi connectivity index (χ0) is 15.9. The van der Waals surface area contributed by atoms with Crippen LogP contribution in [-0.4, -0.2) is 37.0 Å². The summed E-state index contributed by atoms with van der Waals surface area (Å²) in [6.07, 6.45) is 2.67. The van der Waals surface area contributed by atoms with Crippen LogP contribution in [0.4, 0.5) is 0 Å². The molecule has 0 aliphatic carbocycles. The van der Waals surface area contributed by atoms with E-state index >= 15 is 0 Å². The lowest BCUT2D eigenvalue weighted by Gasteiger charge is -2.16. The number of hydrogen-bond donors (Lipinski definition) is 1. The Labute approximate surface area is 131 Å². The molecule has 120 valence electrons. The fourth-order valence-electron chi connectivity index (χ4n) is 2.42. The molecule has 1 aromatic carbocycles. The predicted octanol–water partition coefficient (Wildman–Crippen LogP) is 2.34. The quantitative estimate of drug-likeness (QED) is 0.785. The number of carbonyl (C=O) groups is 2. The second kappa shape index (κ2) is 7.94. The molecule has 22 heavy (non-hydrogen) atoms. The van der Waals surface area contributed by atoms with Crippen molar-refractivity contribution < 1.29 is 19.1 Å². The van der Waals surface area contributed by atoms with E-state index in [0.717, 1.165) is 25.9 Å². The van der Waals surface area contributed by atoms with E-state index in [1.165, 1.54) is 6.92 Å². The van der Waals surface area contributed by atoms with Gasteiger partial charge >= 0.3 is 0 Å². The largest absolute Gasteiger partial charge is 0.481 e. The first-order valence-electron chi connectivity index (χ1n) is 7.73. The number of hydrogen-bond acceptors (Lipinski definition) is 4. The Morgan fingerprint density at radius 2 is 2.27 bits per heavy atom. The van der Waals surface area contributed by atoms with E-state index in [1.807, 2.05) is 0 Å². The second-order valence-corrected chi connectivity index (χ2v) is 5.56. The van der Waals surface area contributed by atoms with Gasteiger partial charge in [0.2, 0.25) is 0 Å². The fourth-order valence-corrected chi connectivity index (χ4v) is 2.42. The van der Waals surface area contributed by atoms with Gasteiger partial charge in [0.05, 0.1) is 6.10 Å². The van der Waals surface area contributed by atoms with Crippen molar-refractivity contribution in [3.05, 3.63) is 29.8 Å². The Morgan fingerprint density at radius 3 is 2.95 bits per heavy atom. The highest BCUT2D eigenvalue weighted by Gasteiger charge is 2.18. The molecule has 2 atom stereocenters. The van der Waals surface area contributed by atoms with E-state index in [0.29, 0.717) is 17.9 Å². The summed E-state index contributed by atoms with van der Waals surface area (Å²) >= 11 is 0. The lowest BCUT2D eigenvalue weighted by Crippen LogP contribution is -2.37. The first-order valence-corrected chi connectivity index (χ1v) is 7.73. The Kier molecular flexibility index (Phi) is 5.95. The van der Waals surface area contributed by atoms with Crippen LogP contribution in [-0.2, 0) is 9.53 Å². The summed E-state index contributed by atoms with van der Waals surface area (Å²) in [4.78, 5) is 23.3. The number of ketones is 1. The average Bonchev–Trinajstić information content (AvgIpc) is 3.00. The van der Waals surface area contributed by atoms with Crippen molar-refractivity contribution in [2.24, 2.45) is 0 Å². The van der Waals surface area contributed by atoms with Gasteiger partial charge in [-0.25, -0.2) is 0 Å². The van der Waals surface area contributed by atoms with Crippen molar-refractivity contribution >= 4 is 11.7 Å². The van der Waals surface area contributed by atoms with Gasteiger partial charge in [0.1, 0.15) is 5.75 Å². The maximum absolute atomic E-state index is 12.0. The van der Waals surface area contributed by atoms with Crippen molar-refractivity contribution in [1.29, 1.82) is 0 Å². The minimum Gasteiger partial charge on any atom is -0.481 e. The van der Waals surface area contributed by atoms with Crippen LogP contribution < -0.4 is 10.1 Å². The molecule has 1 aromatic rings. The standard InChI is InChI=1S/C17H23NO4/c1-12(19)14-5-3-6-16(11-14)22-13(2)17(20)18-9-8-15-7-4-10-21-15/h3,5-6,11,13,15H,4,7-10H2,1-2H3,(H,18,20)/t13-,15+/m0/s1. The molecule has 2 rings (SSSR count). The zero-order valence-electron chi connectivity index (χ0n) is 13.1. The number of rotatable bonds is 7. The first kappa shape index (κ1) is 16.5.